The Morgan fingerprint density at radius 3 is 2.63 bits per heavy atom. The molecule has 0 saturated carbocycles. The normalized spacial score (nSPS) is 10.3. The van der Waals surface area contributed by atoms with Crippen LogP contribution in [0.5, 0.6) is 0 Å². The molecule has 0 aliphatic carbocycles. The Balaban J connectivity index is 2.30. The van der Waals surface area contributed by atoms with Gasteiger partial charge in [0.2, 0.25) is 5.91 Å². The summed E-state index contributed by atoms with van der Waals surface area (Å²) in [6.07, 6.45) is 3.25. The van der Waals surface area contributed by atoms with E-state index in [1.807, 2.05) is 6.92 Å². The van der Waals surface area contributed by atoms with Crippen LogP contribution in [0.1, 0.15) is 40.9 Å². The molecule has 0 saturated heterocycles. The highest BCUT2D eigenvalue weighted by Crippen LogP contribution is 2.26. The largest absolute Gasteiger partial charge is 0.281 e. The average molecular weight is 368 g/mol. The van der Waals surface area contributed by atoms with Crippen LogP contribution in [-0.2, 0) is 4.79 Å². The van der Waals surface area contributed by atoms with Crippen molar-refractivity contribution in [2.75, 3.05) is 5.33 Å². The van der Waals surface area contributed by atoms with Crippen LogP contribution in [0.4, 0.5) is 0 Å². The van der Waals surface area contributed by atoms with Crippen molar-refractivity contribution < 1.29 is 9.59 Å². The van der Waals surface area contributed by atoms with E-state index in [-0.39, 0.29) is 11.8 Å². The molecule has 1 heterocycles. The van der Waals surface area contributed by atoms with Crippen LogP contribution in [-0.4, -0.2) is 17.1 Å². The quantitative estimate of drug-likeness (QED) is 0.460. The fourth-order valence-corrected chi connectivity index (χ4v) is 2.96. The number of unbranched alkanes of at least 4 members (excludes halogenated alkanes) is 2. The lowest BCUT2D eigenvalue weighted by atomic mass is 10.2. The van der Waals surface area contributed by atoms with Crippen molar-refractivity contribution >= 4 is 50.7 Å². The summed E-state index contributed by atoms with van der Waals surface area (Å²) in [5, 5.41) is 3.19. The molecule has 0 atom stereocenters. The van der Waals surface area contributed by atoms with Crippen LogP contribution in [0.3, 0.4) is 0 Å². The first-order valence-electron chi connectivity index (χ1n) is 5.95. The van der Waals surface area contributed by atoms with Crippen LogP contribution >= 0.6 is 38.9 Å². The third-order valence-corrected chi connectivity index (χ3v) is 4.71. The standard InChI is InChI=1S/C12H16BrClN2O2S/c1-8-7-19-11(10(8)14)12(18)16-15-9(17)5-3-2-4-6-13/h7H,2-6H2,1H3,(H,15,17)(H,16,18). The number of hydrazine groups is 1. The number of carbonyl (C=O) groups excluding carboxylic acids is 2. The van der Waals surface area contributed by atoms with E-state index in [9.17, 15) is 9.59 Å². The number of halogens is 2. The molecule has 19 heavy (non-hydrogen) atoms. The minimum atomic E-state index is -0.378. The molecule has 0 bridgehead atoms. The number of thiophene rings is 1. The monoisotopic (exact) mass is 366 g/mol. The maximum absolute atomic E-state index is 11.8. The molecule has 1 aromatic rings. The summed E-state index contributed by atoms with van der Waals surface area (Å²) in [5.74, 6) is -0.566. The molecule has 0 aliphatic heterocycles. The number of carbonyl (C=O) groups is 2. The molecule has 4 nitrogen and oxygen atoms in total. The van der Waals surface area contributed by atoms with E-state index in [2.05, 4.69) is 26.8 Å². The van der Waals surface area contributed by atoms with E-state index < -0.39 is 0 Å². The summed E-state index contributed by atoms with van der Waals surface area (Å²) >= 11 is 10.6. The van der Waals surface area contributed by atoms with Gasteiger partial charge < -0.3 is 0 Å². The maximum Gasteiger partial charge on any atom is 0.281 e. The Hall–Kier alpha value is -0.590. The maximum atomic E-state index is 11.8. The van der Waals surface area contributed by atoms with Gasteiger partial charge in [-0.3, -0.25) is 20.4 Å². The highest BCUT2D eigenvalue weighted by Gasteiger charge is 2.14. The molecular weight excluding hydrogens is 352 g/mol. The first kappa shape index (κ1) is 16.5. The van der Waals surface area contributed by atoms with Crippen LogP contribution in [0, 0.1) is 6.92 Å². The van der Waals surface area contributed by atoms with Gasteiger partial charge in [0.05, 0.1) is 5.02 Å². The summed E-state index contributed by atoms with van der Waals surface area (Å²) in [6, 6.07) is 0. The first-order valence-corrected chi connectivity index (χ1v) is 8.33. The molecule has 2 amide bonds. The van der Waals surface area contributed by atoms with Crippen molar-refractivity contribution in [3.8, 4) is 0 Å². The van der Waals surface area contributed by atoms with Gasteiger partial charge in [-0.2, -0.15) is 0 Å². The van der Waals surface area contributed by atoms with Gasteiger partial charge in [0.25, 0.3) is 5.91 Å². The summed E-state index contributed by atoms with van der Waals surface area (Å²) in [6.45, 7) is 1.83. The van der Waals surface area contributed by atoms with Crippen molar-refractivity contribution in [2.45, 2.75) is 32.6 Å². The van der Waals surface area contributed by atoms with E-state index in [1.165, 1.54) is 11.3 Å². The molecule has 0 aliphatic rings. The number of aryl methyl sites for hydroxylation is 1. The van der Waals surface area contributed by atoms with Gasteiger partial charge in [0, 0.05) is 11.8 Å². The molecule has 0 radical (unpaired) electrons. The Morgan fingerprint density at radius 1 is 1.32 bits per heavy atom. The fourth-order valence-electron chi connectivity index (χ4n) is 1.39. The van der Waals surface area contributed by atoms with Gasteiger partial charge >= 0.3 is 0 Å². The Morgan fingerprint density at radius 2 is 2.05 bits per heavy atom. The van der Waals surface area contributed by atoms with E-state index in [0.717, 1.165) is 30.2 Å². The van der Waals surface area contributed by atoms with Gasteiger partial charge in [-0.15, -0.1) is 11.3 Å². The summed E-state index contributed by atoms with van der Waals surface area (Å²) in [5.41, 5.74) is 5.62. The van der Waals surface area contributed by atoms with Crippen molar-refractivity contribution in [1.29, 1.82) is 0 Å². The summed E-state index contributed by atoms with van der Waals surface area (Å²) < 4.78 is 0. The van der Waals surface area contributed by atoms with Crippen molar-refractivity contribution in [3.05, 3.63) is 20.8 Å². The zero-order valence-electron chi connectivity index (χ0n) is 10.6. The number of amides is 2. The number of rotatable bonds is 6. The van der Waals surface area contributed by atoms with E-state index >= 15 is 0 Å². The van der Waals surface area contributed by atoms with E-state index in [4.69, 9.17) is 11.6 Å². The second kappa shape index (κ2) is 8.55. The van der Waals surface area contributed by atoms with Gasteiger partial charge in [-0.1, -0.05) is 34.0 Å². The van der Waals surface area contributed by atoms with Crippen molar-refractivity contribution in [1.82, 2.24) is 10.9 Å². The highest BCUT2D eigenvalue weighted by atomic mass is 79.9. The lowest BCUT2D eigenvalue weighted by molar-refractivity contribution is -0.121. The minimum absolute atomic E-state index is 0.188. The molecule has 1 rings (SSSR count). The second-order valence-electron chi connectivity index (χ2n) is 4.06. The fraction of sp³-hybridized carbons (Fsp3) is 0.500. The van der Waals surface area contributed by atoms with Crippen LogP contribution in [0.25, 0.3) is 0 Å². The number of hydrogen-bond donors (Lipinski definition) is 2. The van der Waals surface area contributed by atoms with Gasteiger partial charge in [-0.05, 0) is 30.7 Å². The molecule has 106 valence electrons. The number of alkyl halides is 1. The molecule has 0 aromatic carbocycles. The zero-order valence-corrected chi connectivity index (χ0v) is 13.8. The molecule has 0 unspecified atom stereocenters. The van der Waals surface area contributed by atoms with Crippen LogP contribution < -0.4 is 10.9 Å². The second-order valence-corrected chi connectivity index (χ2v) is 6.11. The van der Waals surface area contributed by atoms with E-state index in [1.54, 1.807) is 5.38 Å². The molecule has 0 spiro atoms. The Kier molecular flexibility index (Phi) is 7.41. The van der Waals surface area contributed by atoms with Crippen LogP contribution in [0.2, 0.25) is 5.02 Å². The molecule has 0 fully saturated rings. The predicted molar refractivity (Wildman–Crippen MR) is 81.9 cm³/mol. The first-order chi connectivity index (χ1) is 9.06. The molecular formula is C12H16BrClN2O2S. The number of hydrogen-bond acceptors (Lipinski definition) is 3. The van der Waals surface area contributed by atoms with Crippen LogP contribution in [0.15, 0.2) is 5.38 Å². The topological polar surface area (TPSA) is 58.2 Å². The number of nitrogens with one attached hydrogen (secondary N) is 2. The molecule has 2 N–H and O–H groups in total. The third kappa shape index (κ3) is 5.50. The molecule has 1 aromatic heterocycles. The lowest BCUT2D eigenvalue weighted by Crippen LogP contribution is -2.41. The van der Waals surface area contributed by atoms with Gasteiger partial charge in [0.15, 0.2) is 0 Å². The smallest absolute Gasteiger partial charge is 0.273 e. The minimum Gasteiger partial charge on any atom is -0.273 e. The predicted octanol–water partition coefficient (Wildman–Crippen LogP) is 3.43. The Bertz CT molecular complexity index is 451. The van der Waals surface area contributed by atoms with Gasteiger partial charge in [-0.25, -0.2) is 0 Å². The summed E-state index contributed by atoms with van der Waals surface area (Å²) in [7, 11) is 0. The highest BCUT2D eigenvalue weighted by molar-refractivity contribution is 9.09. The average Bonchev–Trinajstić information content (AvgIpc) is 2.72. The lowest BCUT2D eigenvalue weighted by Gasteiger charge is -2.06. The Labute approximate surface area is 130 Å². The third-order valence-electron chi connectivity index (χ3n) is 2.46. The van der Waals surface area contributed by atoms with Crippen molar-refractivity contribution in [3.63, 3.8) is 0 Å². The van der Waals surface area contributed by atoms with Gasteiger partial charge in [0.1, 0.15) is 4.88 Å². The zero-order chi connectivity index (χ0) is 14.3. The SMILES string of the molecule is Cc1csc(C(=O)NNC(=O)CCCCCBr)c1Cl. The molecule has 7 heteroatoms. The van der Waals surface area contributed by atoms with E-state index in [0.29, 0.717) is 16.3 Å². The van der Waals surface area contributed by atoms with Crippen molar-refractivity contribution in [2.24, 2.45) is 0 Å². The summed E-state index contributed by atoms with van der Waals surface area (Å²) in [4.78, 5) is 23.6.